The quantitative estimate of drug-likeness (QED) is 0.567. The molecule has 2 aliphatic rings. The van der Waals surface area contributed by atoms with Crippen molar-refractivity contribution in [3.05, 3.63) is 71.8 Å². The summed E-state index contributed by atoms with van der Waals surface area (Å²) in [6.45, 7) is 0.820. The molecule has 3 aromatic carbocycles. The molecule has 3 aromatic rings. The summed E-state index contributed by atoms with van der Waals surface area (Å²) in [4.78, 5) is 14.9. The number of fused-ring (bicyclic) bond motifs is 2. The maximum atomic E-state index is 14.5. The van der Waals surface area contributed by atoms with E-state index in [9.17, 15) is 22.0 Å². The minimum atomic E-state index is -3.68. The van der Waals surface area contributed by atoms with E-state index in [1.54, 1.807) is 18.2 Å². The summed E-state index contributed by atoms with van der Waals surface area (Å²) in [7, 11) is -3.68. The molecule has 2 aliphatic heterocycles. The Balaban J connectivity index is 1.32. The van der Waals surface area contributed by atoms with E-state index in [0.29, 0.717) is 37.8 Å². The Morgan fingerprint density at radius 2 is 1.64 bits per heavy atom. The van der Waals surface area contributed by atoms with Gasteiger partial charge >= 0.3 is 0 Å². The Hall–Kier alpha value is -2.84. The molecular weight excluding hydrogens is 446 g/mol. The average Bonchev–Trinajstić information content (AvgIpc) is 2.82. The average molecular weight is 471 g/mol. The highest BCUT2D eigenvalue weighted by molar-refractivity contribution is 7.89. The van der Waals surface area contributed by atoms with E-state index in [1.165, 1.54) is 15.3 Å². The predicted octanol–water partition coefficient (Wildman–Crippen LogP) is 4.50. The summed E-state index contributed by atoms with van der Waals surface area (Å²) in [6.07, 6.45) is 1.88. The first-order valence-corrected chi connectivity index (χ1v) is 12.6. The van der Waals surface area contributed by atoms with Crippen molar-refractivity contribution in [3.8, 4) is 0 Å². The van der Waals surface area contributed by atoms with Crippen LogP contribution in [-0.4, -0.2) is 38.3 Å². The highest BCUT2D eigenvalue weighted by Gasteiger charge is 2.36. The van der Waals surface area contributed by atoms with Crippen LogP contribution in [0.2, 0.25) is 0 Å². The van der Waals surface area contributed by atoms with E-state index >= 15 is 0 Å². The van der Waals surface area contributed by atoms with Gasteiger partial charge in [0.2, 0.25) is 15.9 Å². The molecule has 5 nitrogen and oxygen atoms in total. The largest absolute Gasteiger partial charge is 0.309 e. The fourth-order valence-corrected chi connectivity index (χ4v) is 6.42. The van der Waals surface area contributed by atoms with E-state index < -0.39 is 27.6 Å². The van der Waals surface area contributed by atoms with Gasteiger partial charge in [0.05, 0.1) is 10.6 Å². The third-order valence-corrected chi connectivity index (χ3v) is 8.53. The van der Waals surface area contributed by atoms with E-state index in [1.807, 2.05) is 24.3 Å². The molecular formula is C25H24F2N2O3S. The summed E-state index contributed by atoms with van der Waals surface area (Å²) in [5.74, 6) is -1.99. The number of nitrogens with zero attached hydrogens (tertiary/aromatic N) is 2. The molecule has 0 atom stereocenters. The smallest absolute Gasteiger partial charge is 0.243 e. The number of rotatable bonds is 3. The van der Waals surface area contributed by atoms with Gasteiger partial charge in [-0.25, -0.2) is 17.2 Å². The first kappa shape index (κ1) is 22.0. The lowest BCUT2D eigenvalue weighted by molar-refractivity contribution is -0.123. The number of anilines is 1. The van der Waals surface area contributed by atoms with Gasteiger partial charge in [-0.2, -0.15) is 4.31 Å². The van der Waals surface area contributed by atoms with Crippen LogP contribution in [0.5, 0.6) is 0 Å². The van der Waals surface area contributed by atoms with Gasteiger partial charge in [-0.1, -0.05) is 30.3 Å². The fourth-order valence-electron chi connectivity index (χ4n) is 4.91. The van der Waals surface area contributed by atoms with Crippen molar-refractivity contribution < 1.29 is 22.0 Å². The topological polar surface area (TPSA) is 57.7 Å². The Kier molecular flexibility index (Phi) is 5.66. The van der Waals surface area contributed by atoms with Gasteiger partial charge in [0, 0.05) is 31.6 Å². The van der Waals surface area contributed by atoms with Gasteiger partial charge in [0.1, 0.15) is 11.6 Å². The summed E-state index contributed by atoms with van der Waals surface area (Å²) >= 11 is 0. The Labute approximate surface area is 191 Å². The zero-order chi connectivity index (χ0) is 23.2. The lowest BCUT2D eigenvalue weighted by atomic mass is 9.93. The van der Waals surface area contributed by atoms with Crippen molar-refractivity contribution in [2.45, 2.75) is 30.6 Å². The number of benzene rings is 3. The summed E-state index contributed by atoms with van der Waals surface area (Å²) in [6, 6.07) is 14.8. The van der Waals surface area contributed by atoms with Crippen LogP contribution in [0.15, 0.2) is 59.5 Å². The lowest BCUT2D eigenvalue weighted by Crippen LogP contribution is -2.46. The molecule has 33 heavy (non-hydrogen) atoms. The van der Waals surface area contributed by atoms with Crippen LogP contribution in [0.3, 0.4) is 0 Å². The van der Waals surface area contributed by atoms with Crippen molar-refractivity contribution >= 4 is 32.4 Å². The molecule has 0 radical (unpaired) electrons. The molecule has 0 aromatic heterocycles. The lowest BCUT2D eigenvalue weighted by Gasteiger charge is -2.36. The molecule has 2 heterocycles. The number of carbonyl (C=O) groups is 1. The second-order valence-electron chi connectivity index (χ2n) is 8.68. The van der Waals surface area contributed by atoms with Crippen LogP contribution in [0, 0.1) is 17.6 Å². The van der Waals surface area contributed by atoms with E-state index in [0.717, 1.165) is 16.8 Å². The van der Waals surface area contributed by atoms with Crippen molar-refractivity contribution in [1.82, 2.24) is 4.31 Å². The third kappa shape index (κ3) is 4.02. The number of sulfonamides is 1. The molecule has 172 valence electrons. The van der Waals surface area contributed by atoms with Crippen LogP contribution in [0.4, 0.5) is 14.5 Å². The maximum Gasteiger partial charge on any atom is 0.243 e. The van der Waals surface area contributed by atoms with Gasteiger partial charge in [-0.3, -0.25) is 4.79 Å². The molecule has 0 unspecified atom stereocenters. The molecule has 8 heteroatoms. The number of carbonyl (C=O) groups excluding carboxylic acids is 1. The van der Waals surface area contributed by atoms with Crippen LogP contribution < -0.4 is 4.90 Å². The highest BCUT2D eigenvalue weighted by Crippen LogP contribution is 2.34. The molecule has 0 saturated carbocycles. The standard InChI is InChI=1S/C25H24F2N2O3S/c26-21-14-20-6-3-11-29(24(20)23(27)16-21)25(30)18-9-12-28(13-10-18)33(31,32)22-8-7-17-4-1-2-5-19(17)15-22/h1-2,4-5,7-8,14-16,18H,3,6,9-13H2. The fraction of sp³-hybridized carbons (Fsp3) is 0.320. The SMILES string of the molecule is O=C(C1CCN(S(=O)(=O)c2ccc3ccccc3c2)CC1)N1CCCc2cc(F)cc(F)c21. The molecule has 5 rings (SSSR count). The number of aryl methyl sites for hydroxylation is 1. The molecule has 1 amide bonds. The number of hydrogen-bond acceptors (Lipinski definition) is 3. The number of halogens is 2. The van der Waals surface area contributed by atoms with Crippen molar-refractivity contribution in [3.63, 3.8) is 0 Å². The Morgan fingerprint density at radius 3 is 2.39 bits per heavy atom. The van der Waals surface area contributed by atoms with Gasteiger partial charge in [0.15, 0.2) is 0 Å². The molecule has 0 bridgehead atoms. The first-order valence-electron chi connectivity index (χ1n) is 11.1. The highest BCUT2D eigenvalue weighted by atomic mass is 32.2. The molecule has 1 fully saturated rings. The number of piperidine rings is 1. The zero-order valence-electron chi connectivity index (χ0n) is 18.0. The van der Waals surface area contributed by atoms with E-state index in [4.69, 9.17) is 0 Å². The predicted molar refractivity (Wildman–Crippen MR) is 122 cm³/mol. The van der Waals surface area contributed by atoms with Crippen LogP contribution >= 0.6 is 0 Å². The summed E-state index contributed by atoms with van der Waals surface area (Å²) < 4.78 is 55.9. The minimum Gasteiger partial charge on any atom is -0.309 e. The van der Waals surface area contributed by atoms with Crippen molar-refractivity contribution in [2.75, 3.05) is 24.5 Å². The zero-order valence-corrected chi connectivity index (χ0v) is 18.8. The second-order valence-corrected chi connectivity index (χ2v) is 10.6. The Morgan fingerprint density at radius 1 is 0.909 bits per heavy atom. The van der Waals surface area contributed by atoms with Crippen LogP contribution in [0.25, 0.3) is 10.8 Å². The van der Waals surface area contributed by atoms with Crippen molar-refractivity contribution in [1.29, 1.82) is 0 Å². The summed E-state index contributed by atoms with van der Waals surface area (Å²) in [5, 5.41) is 1.82. The maximum absolute atomic E-state index is 14.5. The van der Waals surface area contributed by atoms with Crippen LogP contribution in [-0.2, 0) is 21.2 Å². The van der Waals surface area contributed by atoms with Crippen molar-refractivity contribution in [2.24, 2.45) is 5.92 Å². The third-order valence-electron chi connectivity index (χ3n) is 6.63. The van der Waals surface area contributed by atoms with Gasteiger partial charge in [-0.15, -0.1) is 0 Å². The summed E-state index contributed by atoms with van der Waals surface area (Å²) in [5.41, 5.74) is 0.669. The van der Waals surface area contributed by atoms with E-state index in [-0.39, 0.29) is 29.6 Å². The normalized spacial score (nSPS) is 17.8. The van der Waals surface area contributed by atoms with Gasteiger partial charge in [0.25, 0.3) is 0 Å². The molecule has 0 aliphatic carbocycles. The molecule has 0 spiro atoms. The van der Waals surface area contributed by atoms with Gasteiger partial charge < -0.3 is 4.90 Å². The Bertz CT molecular complexity index is 1330. The van der Waals surface area contributed by atoms with Gasteiger partial charge in [-0.05, 0) is 60.2 Å². The minimum absolute atomic E-state index is 0.166. The number of amides is 1. The van der Waals surface area contributed by atoms with Crippen LogP contribution in [0.1, 0.15) is 24.8 Å². The first-order chi connectivity index (χ1) is 15.8. The second kappa shape index (κ2) is 8.50. The molecule has 0 N–H and O–H groups in total. The number of hydrogen-bond donors (Lipinski definition) is 0. The van der Waals surface area contributed by atoms with E-state index in [2.05, 4.69) is 0 Å². The monoisotopic (exact) mass is 470 g/mol. The molecule has 1 saturated heterocycles.